The first-order valence-electron chi connectivity index (χ1n) is 8.04. The molecule has 4 aromatic rings. The van der Waals surface area contributed by atoms with E-state index in [1.165, 1.54) is 18.3 Å². The van der Waals surface area contributed by atoms with Crippen LogP contribution in [0.25, 0.3) is 21.8 Å². The zero-order valence-electron chi connectivity index (χ0n) is 14.2. The number of non-ortho nitro benzene ring substituents is 1. The molecule has 2 heterocycles. The first-order chi connectivity index (χ1) is 13.0. The summed E-state index contributed by atoms with van der Waals surface area (Å²) in [4.78, 5) is 22.9. The predicted molar refractivity (Wildman–Crippen MR) is 101 cm³/mol. The molecule has 0 radical (unpaired) electrons. The Hall–Kier alpha value is -4.01. The van der Waals surface area contributed by atoms with Gasteiger partial charge in [0.2, 0.25) is 0 Å². The number of amides is 1. The number of carbonyl (C=O) groups excluding carboxylic acids is 1. The lowest BCUT2D eigenvalue weighted by atomic mass is 10.2. The van der Waals surface area contributed by atoms with Gasteiger partial charge in [-0.25, -0.2) is 5.43 Å². The van der Waals surface area contributed by atoms with Crippen LogP contribution in [0.4, 0.5) is 5.69 Å². The van der Waals surface area contributed by atoms with E-state index in [4.69, 9.17) is 0 Å². The van der Waals surface area contributed by atoms with Crippen molar-refractivity contribution < 1.29 is 9.72 Å². The van der Waals surface area contributed by atoms with E-state index in [1.54, 1.807) is 12.3 Å². The molecule has 0 fully saturated rings. The molecule has 0 aliphatic heterocycles. The maximum absolute atomic E-state index is 12.5. The molecule has 2 N–H and O–H groups in total. The van der Waals surface area contributed by atoms with Gasteiger partial charge in [0.1, 0.15) is 0 Å². The van der Waals surface area contributed by atoms with Crippen LogP contribution in [0.15, 0.2) is 53.8 Å². The number of nitro benzene ring substituents is 1. The molecule has 0 bridgehead atoms. The SMILES string of the molecule is Cn1cc(C(=O)N/N=C\c2[nH]nc3ccc([N+](=O)[O-])cc23)c2ccccc21. The molecular weight excluding hydrogens is 348 g/mol. The average Bonchev–Trinajstić information content (AvgIpc) is 3.23. The Morgan fingerprint density at radius 2 is 2.11 bits per heavy atom. The summed E-state index contributed by atoms with van der Waals surface area (Å²) in [5.41, 5.74) is 4.93. The molecule has 27 heavy (non-hydrogen) atoms. The molecule has 1 amide bonds. The van der Waals surface area contributed by atoms with Crippen LogP contribution in [0.3, 0.4) is 0 Å². The molecule has 2 aromatic heterocycles. The first kappa shape index (κ1) is 16.5. The Morgan fingerprint density at radius 1 is 1.30 bits per heavy atom. The largest absolute Gasteiger partial charge is 0.350 e. The highest BCUT2D eigenvalue weighted by Gasteiger charge is 2.13. The van der Waals surface area contributed by atoms with Crippen LogP contribution in [-0.2, 0) is 7.05 Å². The van der Waals surface area contributed by atoms with Crippen molar-refractivity contribution >= 4 is 39.6 Å². The van der Waals surface area contributed by atoms with Crippen LogP contribution < -0.4 is 5.43 Å². The minimum atomic E-state index is -0.477. The monoisotopic (exact) mass is 362 g/mol. The number of carbonyl (C=O) groups is 1. The molecule has 2 aromatic carbocycles. The van der Waals surface area contributed by atoms with Gasteiger partial charge in [-0.05, 0) is 12.1 Å². The highest BCUT2D eigenvalue weighted by atomic mass is 16.6. The minimum Gasteiger partial charge on any atom is -0.350 e. The highest BCUT2D eigenvalue weighted by Crippen LogP contribution is 2.22. The van der Waals surface area contributed by atoms with Gasteiger partial charge in [0.05, 0.1) is 27.9 Å². The van der Waals surface area contributed by atoms with Gasteiger partial charge in [0.25, 0.3) is 11.6 Å². The molecule has 0 spiro atoms. The number of hydrazone groups is 1. The van der Waals surface area contributed by atoms with Crippen molar-refractivity contribution in [1.82, 2.24) is 20.2 Å². The molecule has 0 atom stereocenters. The molecule has 9 heteroatoms. The topological polar surface area (TPSA) is 118 Å². The highest BCUT2D eigenvalue weighted by molar-refractivity contribution is 6.07. The number of H-pyrrole nitrogens is 1. The number of nitrogens with zero attached hydrogens (tertiary/aromatic N) is 4. The summed E-state index contributed by atoms with van der Waals surface area (Å²) in [5.74, 6) is -0.349. The van der Waals surface area contributed by atoms with Gasteiger partial charge >= 0.3 is 0 Å². The normalized spacial score (nSPS) is 11.4. The molecule has 0 aliphatic rings. The van der Waals surface area contributed by atoms with E-state index in [-0.39, 0.29) is 11.6 Å². The zero-order chi connectivity index (χ0) is 19.0. The second-order valence-corrected chi connectivity index (χ2v) is 5.97. The number of nitro groups is 1. The van der Waals surface area contributed by atoms with E-state index in [1.807, 2.05) is 35.9 Å². The molecule has 134 valence electrons. The first-order valence-corrected chi connectivity index (χ1v) is 8.04. The molecule has 0 unspecified atom stereocenters. The maximum Gasteiger partial charge on any atom is 0.273 e. The van der Waals surface area contributed by atoms with Gasteiger partial charge in [-0.3, -0.25) is 20.0 Å². The van der Waals surface area contributed by atoms with Crippen LogP contribution in [0.2, 0.25) is 0 Å². The number of para-hydroxylation sites is 1. The smallest absolute Gasteiger partial charge is 0.273 e. The molecular formula is C18H14N6O3. The number of hydrogen-bond acceptors (Lipinski definition) is 5. The number of fused-ring (bicyclic) bond motifs is 2. The Labute approximate surface area is 152 Å². The summed E-state index contributed by atoms with van der Waals surface area (Å²) in [7, 11) is 1.87. The van der Waals surface area contributed by atoms with Crippen molar-refractivity contribution in [3.8, 4) is 0 Å². The minimum absolute atomic E-state index is 0.0432. The van der Waals surface area contributed by atoms with E-state index in [9.17, 15) is 14.9 Å². The molecule has 0 saturated heterocycles. The molecule has 4 rings (SSSR count). The quantitative estimate of drug-likeness (QED) is 0.329. The van der Waals surface area contributed by atoms with Crippen molar-refractivity contribution in [3.05, 3.63) is 70.0 Å². The summed E-state index contributed by atoms with van der Waals surface area (Å²) >= 11 is 0. The lowest BCUT2D eigenvalue weighted by Crippen LogP contribution is -2.17. The molecule has 0 saturated carbocycles. The number of aryl methyl sites for hydroxylation is 1. The second kappa shape index (κ2) is 6.37. The van der Waals surface area contributed by atoms with Gasteiger partial charge in [-0.2, -0.15) is 10.2 Å². The third kappa shape index (κ3) is 2.91. The lowest BCUT2D eigenvalue weighted by Gasteiger charge is -1.97. The van der Waals surface area contributed by atoms with Crippen molar-refractivity contribution in [1.29, 1.82) is 0 Å². The number of aromatic amines is 1. The fourth-order valence-corrected chi connectivity index (χ4v) is 2.97. The summed E-state index contributed by atoms with van der Waals surface area (Å²) in [6.45, 7) is 0. The van der Waals surface area contributed by atoms with Crippen molar-refractivity contribution in [2.75, 3.05) is 0 Å². The number of benzene rings is 2. The van der Waals surface area contributed by atoms with Crippen LogP contribution in [-0.4, -0.2) is 31.8 Å². The third-order valence-corrected chi connectivity index (χ3v) is 4.28. The summed E-state index contributed by atoms with van der Waals surface area (Å²) in [6.07, 6.45) is 3.12. The zero-order valence-corrected chi connectivity index (χ0v) is 14.2. The van der Waals surface area contributed by atoms with Crippen LogP contribution in [0.1, 0.15) is 16.1 Å². The average molecular weight is 362 g/mol. The second-order valence-electron chi connectivity index (χ2n) is 5.97. The van der Waals surface area contributed by atoms with Crippen LogP contribution in [0, 0.1) is 10.1 Å². The third-order valence-electron chi connectivity index (χ3n) is 4.28. The van der Waals surface area contributed by atoms with Gasteiger partial charge in [0, 0.05) is 41.7 Å². The Bertz CT molecular complexity index is 1220. The summed E-state index contributed by atoms with van der Waals surface area (Å²) in [6, 6.07) is 11.9. The van der Waals surface area contributed by atoms with Gasteiger partial charge in [0.15, 0.2) is 0 Å². The van der Waals surface area contributed by atoms with Gasteiger partial charge in [-0.15, -0.1) is 0 Å². The standard InChI is InChI=1S/C18H14N6O3/c1-23-10-14(12-4-2-3-5-17(12)23)18(25)22-19-9-16-13-8-11(24(26)27)6-7-15(13)20-21-16/h2-10H,1H3,(H,20,21)(H,22,25)/b19-9-. The van der Waals surface area contributed by atoms with Crippen molar-refractivity contribution in [2.45, 2.75) is 0 Å². The molecule has 9 nitrogen and oxygen atoms in total. The van der Waals surface area contributed by atoms with Crippen molar-refractivity contribution in [2.24, 2.45) is 12.1 Å². The van der Waals surface area contributed by atoms with Gasteiger partial charge in [-0.1, -0.05) is 18.2 Å². The predicted octanol–water partition coefficient (Wildman–Crippen LogP) is 2.73. The van der Waals surface area contributed by atoms with E-state index in [0.29, 0.717) is 22.2 Å². The maximum atomic E-state index is 12.5. The number of hydrogen-bond donors (Lipinski definition) is 2. The number of nitrogens with one attached hydrogen (secondary N) is 2. The number of aromatic nitrogens is 3. The summed E-state index contributed by atoms with van der Waals surface area (Å²) in [5, 5.41) is 23.1. The number of rotatable bonds is 4. The summed E-state index contributed by atoms with van der Waals surface area (Å²) < 4.78 is 1.87. The fraction of sp³-hybridized carbons (Fsp3) is 0.0556. The van der Waals surface area contributed by atoms with E-state index >= 15 is 0 Å². The Kier molecular flexibility index (Phi) is 3.88. The lowest BCUT2D eigenvalue weighted by molar-refractivity contribution is -0.384. The fourth-order valence-electron chi connectivity index (χ4n) is 2.97. The van der Waals surface area contributed by atoms with E-state index < -0.39 is 4.92 Å². The van der Waals surface area contributed by atoms with Crippen molar-refractivity contribution in [3.63, 3.8) is 0 Å². The van der Waals surface area contributed by atoms with Gasteiger partial charge < -0.3 is 4.57 Å². The van der Waals surface area contributed by atoms with Crippen LogP contribution >= 0.6 is 0 Å². The van der Waals surface area contributed by atoms with Crippen LogP contribution in [0.5, 0.6) is 0 Å². The Balaban J connectivity index is 1.58. The Morgan fingerprint density at radius 3 is 2.93 bits per heavy atom. The van der Waals surface area contributed by atoms with E-state index in [2.05, 4.69) is 20.7 Å². The van der Waals surface area contributed by atoms with E-state index in [0.717, 1.165) is 10.9 Å². The molecule has 0 aliphatic carbocycles.